The van der Waals surface area contributed by atoms with Crippen LogP contribution < -0.4 is 9.64 Å². The summed E-state index contributed by atoms with van der Waals surface area (Å²) in [6.07, 6.45) is 3.88. The van der Waals surface area contributed by atoms with Crippen LogP contribution in [0.3, 0.4) is 0 Å². The number of likely N-dealkylation sites (tertiary alicyclic amines) is 1. The summed E-state index contributed by atoms with van der Waals surface area (Å²) >= 11 is 0. The maximum Gasteiger partial charge on any atom is 0.263 e. The lowest BCUT2D eigenvalue weighted by atomic mass is 10.0. The fourth-order valence-electron chi connectivity index (χ4n) is 4.26. The molecule has 0 atom stereocenters. The highest BCUT2D eigenvalue weighted by Gasteiger charge is 2.22. The summed E-state index contributed by atoms with van der Waals surface area (Å²) in [6, 6.07) is 20.1. The maximum absolute atomic E-state index is 13.7. The molecule has 1 N–H and O–H groups in total. The summed E-state index contributed by atoms with van der Waals surface area (Å²) in [5, 5.41) is 9.73. The number of benzene rings is 3. The van der Waals surface area contributed by atoms with Crippen LogP contribution in [0, 0.1) is 13.8 Å². The van der Waals surface area contributed by atoms with Crippen LogP contribution in [0.25, 0.3) is 0 Å². The van der Waals surface area contributed by atoms with Crippen molar-refractivity contribution in [1.82, 2.24) is 4.90 Å². The molecule has 0 aromatic heterocycles. The number of phenolic OH excluding ortho intramolecular Hbond substituents is 1. The van der Waals surface area contributed by atoms with E-state index >= 15 is 0 Å². The monoisotopic (exact) mass is 444 g/mol. The van der Waals surface area contributed by atoms with Gasteiger partial charge in [-0.2, -0.15) is 0 Å². The topological polar surface area (TPSA) is 53.0 Å². The number of carbonyl (C=O) groups is 1. The van der Waals surface area contributed by atoms with E-state index in [1.807, 2.05) is 56.3 Å². The molecule has 1 heterocycles. The van der Waals surface area contributed by atoms with Gasteiger partial charge in [-0.3, -0.25) is 14.6 Å². The van der Waals surface area contributed by atoms with Crippen LogP contribution in [-0.2, 0) is 0 Å². The molecule has 0 unspecified atom stereocenters. The van der Waals surface area contributed by atoms with Gasteiger partial charge in [0.1, 0.15) is 18.1 Å². The zero-order valence-corrected chi connectivity index (χ0v) is 19.5. The summed E-state index contributed by atoms with van der Waals surface area (Å²) in [5.74, 6) is 0.844. The Balaban J connectivity index is 1.54. The molecule has 4 rings (SSSR count). The number of aryl methyl sites for hydroxylation is 1. The minimum atomic E-state index is -0.111. The summed E-state index contributed by atoms with van der Waals surface area (Å²) in [6.45, 7) is 7.88. The Morgan fingerprint density at radius 1 is 0.909 bits per heavy atom. The molecule has 1 fully saturated rings. The third-order valence-corrected chi connectivity index (χ3v) is 6.37. The molecule has 3 aromatic rings. The number of piperidine rings is 1. The average molecular weight is 445 g/mol. The molecule has 172 valence electrons. The number of rotatable bonds is 7. The maximum atomic E-state index is 13.7. The second-order valence-corrected chi connectivity index (χ2v) is 8.65. The van der Waals surface area contributed by atoms with Crippen molar-refractivity contribution in [3.05, 3.63) is 83.4 Å². The van der Waals surface area contributed by atoms with Gasteiger partial charge in [-0.15, -0.1) is 0 Å². The van der Waals surface area contributed by atoms with E-state index in [1.165, 1.54) is 19.3 Å². The van der Waals surface area contributed by atoms with Crippen molar-refractivity contribution in [2.75, 3.05) is 31.1 Å². The summed E-state index contributed by atoms with van der Waals surface area (Å²) in [5.41, 5.74) is 4.13. The highest BCUT2D eigenvalue weighted by atomic mass is 16.5. The molecular weight excluding hydrogens is 412 g/mol. The second kappa shape index (κ2) is 10.5. The number of hydrogen-bond donors (Lipinski definition) is 1. The second-order valence-electron chi connectivity index (χ2n) is 8.65. The largest absolute Gasteiger partial charge is 0.508 e. The van der Waals surface area contributed by atoms with Gasteiger partial charge in [0.25, 0.3) is 5.91 Å². The number of nitrogens with zero attached hydrogens (tertiary/aromatic N) is 2. The summed E-state index contributed by atoms with van der Waals surface area (Å²) < 4.78 is 5.97. The Morgan fingerprint density at radius 3 is 2.21 bits per heavy atom. The van der Waals surface area contributed by atoms with Crippen molar-refractivity contribution in [2.24, 2.45) is 0 Å². The molecule has 1 aliphatic rings. The predicted octanol–water partition coefficient (Wildman–Crippen LogP) is 5.85. The van der Waals surface area contributed by atoms with Crippen molar-refractivity contribution in [1.29, 1.82) is 0 Å². The molecule has 0 aliphatic carbocycles. The molecular formula is C28H32N2O3. The van der Waals surface area contributed by atoms with Gasteiger partial charge in [-0.1, -0.05) is 18.6 Å². The van der Waals surface area contributed by atoms with Crippen LogP contribution in [0.4, 0.5) is 11.4 Å². The van der Waals surface area contributed by atoms with Gasteiger partial charge >= 0.3 is 0 Å². The zero-order chi connectivity index (χ0) is 23.2. The Hall–Kier alpha value is -3.31. The van der Waals surface area contributed by atoms with Gasteiger partial charge in [0.15, 0.2) is 0 Å². The third-order valence-electron chi connectivity index (χ3n) is 6.37. The number of anilines is 2. The Kier molecular flexibility index (Phi) is 7.30. The summed E-state index contributed by atoms with van der Waals surface area (Å²) in [4.78, 5) is 17.8. The van der Waals surface area contributed by atoms with Crippen LogP contribution in [-0.4, -0.2) is 42.2 Å². The highest BCUT2D eigenvalue weighted by molar-refractivity contribution is 6.11. The van der Waals surface area contributed by atoms with Crippen molar-refractivity contribution >= 4 is 17.3 Å². The van der Waals surface area contributed by atoms with Gasteiger partial charge in [0.05, 0.1) is 0 Å². The van der Waals surface area contributed by atoms with Crippen LogP contribution in [0.2, 0.25) is 0 Å². The molecule has 0 spiro atoms. The van der Waals surface area contributed by atoms with Crippen LogP contribution >= 0.6 is 0 Å². The molecule has 5 nitrogen and oxygen atoms in total. The molecule has 1 saturated heterocycles. The van der Waals surface area contributed by atoms with Gasteiger partial charge in [-0.25, -0.2) is 0 Å². The fourth-order valence-corrected chi connectivity index (χ4v) is 4.26. The molecule has 33 heavy (non-hydrogen) atoms. The minimum absolute atomic E-state index is 0.111. The van der Waals surface area contributed by atoms with Crippen LogP contribution in [0.1, 0.15) is 40.7 Å². The standard InChI is InChI=1S/C28H32N2O3/c1-21-7-6-8-27(22(21)2)28(32)30(23-9-13-25(31)14-10-23)24-11-15-26(16-12-24)33-20-19-29-17-4-3-5-18-29/h6-16,31H,3-5,17-20H2,1-2H3. The number of ether oxygens (including phenoxy) is 1. The first-order valence-electron chi connectivity index (χ1n) is 11.7. The van der Waals surface area contributed by atoms with Crippen molar-refractivity contribution < 1.29 is 14.6 Å². The Morgan fingerprint density at radius 2 is 1.55 bits per heavy atom. The fraction of sp³-hybridized carbons (Fsp3) is 0.321. The molecule has 1 aliphatic heterocycles. The SMILES string of the molecule is Cc1cccc(C(=O)N(c2ccc(O)cc2)c2ccc(OCCN3CCCCC3)cc2)c1C. The smallest absolute Gasteiger partial charge is 0.263 e. The lowest BCUT2D eigenvalue weighted by molar-refractivity contribution is 0.0998. The van der Waals surface area contributed by atoms with Crippen LogP contribution in [0.15, 0.2) is 66.7 Å². The number of carbonyl (C=O) groups excluding carboxylic acids is 1. The summed E-state index contributed by atoms with van der Waals surface area (Å²) in [7, 11) is 0. The average Bonchev–Trinajstić information content (AvgIpc) is 2.84. The van der Waals surface area contributed by atoms with E-state index in [2.05, 4.69) is 4.90 Å². The van der Waals surface area contributed by atoms with E-state index in [4.69, 9.17) is 4.74 Å². The first-order chi connectivity index (χ1) is 16.0. The van der Waals surface area contributed by atoms with E-state index in [1.54, 1.807) is 29.2 Å². The minimum Gasteiger partial charge on any atom is -0.508 e. The van der Waals surface area contributed by atoms with E-state index in [0.717, 1.165) is 42.2 Å². The first kappa shape index (κ1) is 22.9. The number of phenols is 1. The van der Waals surface area contributed by atoms with Crippen molar-refractivity contribution in [2.45, 2.75) is 33.1 Å². The molecule has 0 bridgehead atoms. The third kappa shape index (κ3) is 5.55. The Labute approximate surface area is 196 Å². The highest BCUT2D eigenvalue weighted by Crippen LogP contribution is 2.31. The quantitative estimate of drug-likeness (QED) is 0.496. The number of amides is 1. The molecule has 0 saturated carbocycles. The van der Waals surface area contributed by atoms with E-state index in [-0.39, 0.29) is 11.7 Å². The Bertz CT molecular complexity index is 1070. The normalized spacial score (nSPS) is 14.1. The van der Waals surface area contributed by atoms with E-state index in [0.29, 0.717) is 17.9 Å². The predicted molar refractivity (Wildman–Crippen MR) is 133 cm³/mol. The van der Waals surface area contributed by atoms with Crippen LogP contribution in [0.5, 0.6) is 11.5 Å². The van der Waals surface area contributed by atoms with Crippen molar-refractivity contribution in [3.63, 3.8) is 0 Å². The van der Waals surface area contributed by atoms with Gasteiger partial charge in [0, 0.05) is 23.5 Å². The number of hydrogen-bond acceptors (Lipinski definition) is 4. The molecule has 3 aromatic carbocycles. The zero-order valence-electron chi connectivity index (χ0n) is 19.5. The van der Waals surface area contributed by atoms with E-state index < -0.39 is 0 Å². The van der Waals surface area contributed by atoms with Gasteiger partial charge in [0.2, 0.25) is 0 Å². The molecule has 1 amide bonds. The number of aromatic hydroxyl groups is 1. The molecule has 0 radical (unpaired) electrons. The first-order valence-corrected chi connectivity index (χ1v) is 11.7. The lowest BCUT2D eigenvalue weighted by Crippen LogP contribution is -2.33. The van der Waals surface area contributed by atoms with E-state index in [9.17, 15) is 9.90 Å². The van der Waals surface area contributed by atoms with Gasteiger partial charge < -0.3 is 9.84 Å². The molecule has 5 heteroatoms. The van der Waals surface area contributed by atoms with Gasteiger partial charge in [-0.05, 0) is 106 Å². The lowest BCUT2D eigenvalue weighted by Gasteiger charge is -2.26. The van der Waals surface area contributed by atoms with Crippen molar-refractivity contribution in [3.8, 4) is 11.5 Å².